The second kappa shape index (κ2) is 10.2. The molecule has 0 bridgehead atoms. The van der Waals surface area contributed by atoms with Gasteiger partial charge in [0.1, 0.15) is 0 Å². The molecule has 0 saturated carbocycles. The molecule has 0 aliphatic heterocycles. The zero-order valence-electron chi connectivity index (χ0n) is 15.4. The second-order valence-electron chi connectivity index (χ2n) is 6.01. The summed E-state index contributed by atoms with van der Waals surface area (Å²) in [4.78, 5) is 17.8. The van der Waals surface area contributed by atoms with E-state index in [1.54, 1.807) is 12.1 Å². The van der Waals surface area contributed by atoms with Gasteiger partial charge >= 0.3 is 18.3 Å². The number of methoxy groups -OCH3 is 1. The van der Waals surface area contributed by atoms with Gasteiger partial charge in [0, 0.05) is 16.9 Å². The van der Waals surface area contributed by atoms with Gasteiger partial charge in [-0.05, 0) is 40.2 Å². The van der Waals surface area contributed by atoms with Crippen LogP contribution >= 0.6 is 15.9 Å². The number of halogens is 7. The summed E-state index contributed by atoms with van der Waals surface area (Å²) in [6.07, 6.45) is -4.32. The first-order chi connectivity index (χ1) is 14.4. The van der Waals surface area contributed by atoms with E-state index in [2.05, 4.69) is 30.6 Å². The van der Waals surface area contributed by atoms with Crippen LogP contribution in [0, 0.1) is 0 Å². The topological polar surface area (TPSA) is 60.9 Å². The lowest BCUT2D eigenvalue weighted by Crippen LogP contribution is -2.12. The molecule has 180 valence electrons. The molecule has 0 spiro atoms. The van der Waals surface area contributed by atoms with E-state index in [9.17, 15) is 31.1 Å². The SMILES string of the molecule is C.C.COC(=O)c1ccc2cnc(C(F)(F)F)n2c1.FC(F)(F)c1ncc2ccc(Br)cn12. The molecular weight excluding hydrogens is 522 g/mol. The first-order valence-electron chi connectivity index (χ1n) is 8.24. The number of rotatable bonds is 1. The van der Waals surface area contributed by atoms with Crippen LogP contribution in [0.15, 0.2) is 53.5 Å². The molecular formula is C20H19BrF6N4O2. The first kappa shape index (κ1) is 27.9. The summed E-state index contributed by atoms with van der Waals surface area (Å²) in [7, 11) is 1.16. The monoisotopic (exact) mass is 540 g/mol. The summed E-state index contributed by atoms with van der Waals surface area (Å²) in [6.45, 7) is 0. The lowest BCUT2D eigenvalue weighted by molar-refractivity contribution is -0.146. The van der Waals surface area contributed by atoms with Crippen molar-refractivity contribution >= 4 is 32.9 Å². The Balaban J connectivity index is 0.000000316. The number of carbonyl (C=O) groups excluding carboxylic acids is 1. The smallest absolute Gasteiger partial charge is 0.450 e. The lowest BCUT2D eigenvalue weighted by Gasteiger charge is -2.06. The van der Waals surface area contributed by atoms with Gasteiger partial charge in [0.2, 0.25) is 11.6 Å². The van der Waals surface area contributed by atoms with Crippen LogP contribution < -0.4 is 0 Å². The Kier molecular flexibility index (Phi) is 8.67. The minimum Gasteiger partial charge on any atom is -0.465 e. The fourth-order valence-corrected chi connectivity index (χ4v) is 2.95. The zero-order valence-corrected chi connectivity index (χ0v) is 17.0. The molecule has 0 aromatic carbocycles. The summed E-state index contributed by atoms with van der Waals surface area (Å²) in [5, 5.41) is 0. The van der Waals surface area contributed by atoms with E-state index in [0.29, 0.717) is 9.99 Å². The maximum atomic E-state index is 12.6. The van der Waals surface area contributed by atoms with Gasteiger partial charge in [-0.3, -0.25) is 8.80 Å². The van der Waals surface area contributed by atoms with Gasteiger partial charge in [-0.25, -0.2) is 14.8 Å². The molecule has 6 nitrogen and oxygen atoms in total. The van der Waals surface area contributed by atoms with Crippen LogP contribution in [0.5, 0.6) is 0 Å². The third kappa shape index (κ3) is 6.03. The van der Waals surface area contributed by atoms with Crippen LogP contribution in [0.25, 0.3) is 11.0 Å². The van der Waals surface area contributed by atoms with E-state index in [1.807, 2.05) is 0 Å². The van der Waals surface area contributed by atoms with Crippen molar-refractivity contribution in [3.8, 4) is 0 Å². The Bertz CT molecular complexity index is 1250. The van der Waals surface area contributed by atoms with Gasteiger partial charge in [-0.15, -0.1) is 0 Å². The van der Waals surface area contributed by atoms with E-state index in [4.69, 9.17) is 0 Å². The molecule has 0 saturated heterocycles. The summed E-state index contributed by atoms with van der Waals surface area (Å²) in [5.74, 6) is -2.68. The molecule has 0 atom stereocenters. The molecule has 13 heteroatoms. The Morgan fingerprint density at radius 1 is 0.848 bits per heavy atom. The van der Waals surface area contributed by atoms with E-state index in [-0.39, 0.29) is 25.9 Å². The average Bonchev–Trinajstić information content (AvgIpc) is 3.30. The van der Waals surface area contributed by atoms with Gasteiger partial charge in [0.15, 0.2) is 0 Å². The fraction of sp³-hybridized carbons (Fsp3) is 0.250. The van der Waals surface area contributed by atoms with Gasteiger partial charge < -0.3 is 4.74 Å². The van der Waals surface area contributed by atoms with Crippen molar-refractivity contribution in [2.45, 2.75) is 27.2 Å². The molecule has 4 heterocycles. The highest BCUT2D eigenvalue weighted by atomic mass is 79.9. The van der Waals surface area contributed by atoms with Crippen molar-refractivity contribution in [1.29, 1.82) is 0 Å². The highest BCUT2D eigenvalue weighted by Gasteiger charge is 2.36. The Labute approximate surface area is 193 Å². The fourth-order valence-electron chi connectivity index (χ4n) is 2.61. The molecule has 4 aromatic rings. The molecule has 0 aliphatic rings. The van der Waals surface area contributed by atoms with Gasteiger partial charge in [0.05, 0.1) is 36.1 Å². The van der Waals surface area contributed by atoms with Gasteiger partial charge in [-0.2, -0.15) is 26.3 Å². The minimum absolute atomic E-state index is 0. The summed E-state index contributed by atoms with van der Waals surface area (Å²) in [6, 6.07) is 5.97. The number of esters is 1. The standard InChI is InChI=1S/C10H7F3N2O2.C8H4BrF3N2.2CH4/c1-17-8(16)6-2-3-7-4-14-9(10(11,12)13)15(7)5-6;9-5-1-2-6-3-13-7(8(10,11)12)14(6)4-5;;/h2-5H,1H3;1-4H;2*1H4. The highest BCUT2D eigenvalue weighted by Crippen LogP contribution is 2.30. The summed E-state index contributed by atoms with van der Waals surface area (Å²) in [5.41, 5.74) is 0.703. The maximum Gasteiger partial charge on any atom is 0.450 e. The Morgan fingerprint density at radius 3 is 1.76 bits per heavy atom. The van der Waals surface area contributed by atoms with E-state index in [1.165, 1.54) is 24.5 Å². The number of carbonyl (C=O) groups is 1. The Morgan fingerprint density at radius 2 is 1.30 bits per heavy atom. The predicted molar refractivity (Wildman–Crippen MR) is 113 cm³/mol. The quantitative estimate of drug-likeness (QED) is 0.203. The number of fused-ring (bicyclic) bond motifs is 2. The van der Waals surface area contributed by atoms with Gasteiger partial charge in [0.25, 0.3) is 0 Å². The highest BCUT2D eigenvalue weighted by molar-refractivity contribution is 9.10. The number of alkyl halides is 6. The third-order valence-corrected chi connectivity index (χ3v) is 4.42. The molecule has 0 aliphatic carbocycles. The predicted octanol–water partition coefficient (Wildman–Crippen LogP) is 6.53. The van der Waals surface area contributed by atoms with E-state index >= 15 is 0 Å². The molecule has 33 heavy (non-hydrogen) atoms. The van der Waals surface area contributed by atoms with Crippen molar-refractivity contribution in [2.24, 2.45) is 0 Å². The van der Waals surface area contributed by atoms with Crippen LogP contribution in [-0.4, -0.2) is 31.8 Å². The number of hydrogen-bond donors (Lipinski definition) is 0. The van der Waals surface area contributed by atoms with Crippen molar-refractivity contribution in [3.05, 3.63) is 70.7 Å². The van der Waals surface area contributed by atoms with Crippen molar-refractivity contribution in [2.75, 3.05) is 7.11 Å². The maximum absolute atomic E-state index is 12.6. The van der Waals surface area contributed by atoms with Crippen LogP contribution in [-0.2, 0) is 17.1 Å². The van der Waals surface area contributed by atoms with Crippen LogP contribution in [0.2, 0.25) is 0 Å². The molecule has 0 radical (unpaired) electrons. The number of pyridine rings is 2. The molecule has 4 aromatic heterocycles. The van der Waals surface area contributed by atoms with Crippen LogP contribution in [0.3, 0.4) is 0 Å². The first-order valence-corrected chi connectivity index (χ1v) is 9.03. The largest absolute Gasteiger partial charge is 0.465 e. The molecule has 0 N–H and O–H groups in total. The average molecular weight is 541 g/mol. The number of hydrogen-bond acceptors (Lipinski definition) is 4. The van der Waals surface area contributed by atoms with Crippen molar-refractivity contribution in [1.82, 2.24) is 18.8 Å². The van der Waals surface area contributed by atoms with Crippen molar-refractivity contribution in [3.63, 3.8) is 0 Å². The Hall–Kier alpha value is -3.09. The number of nitrogens with zero attached hydrogens (tertiary/aromatic N) is 4. The van der Waals surface area contributed by atoms with E-state index < -0.39 is 30.0 Å². The number of imidazole rings is 2. The number of ether oxygens (including phenoxy) is 1. The van der Waals surface area contributed by atoms with Crippen molar-refractivity contribution < 1.29 is 35.9 Å². The summed E-state index contributed by atoms with van der Waals surface area (Å²) >= 11 is 3.10. The molecule has 0 amide bonds. The second-order valence-corrected chi connectivity index (χ2v) is 6.92. The summed E-state index contributed by atoms with van der Waals surface area (Å²) < 4.78 is 81.7. The van der Waals surface area contributed by atoms with E-state index in [0.717, 1.165) is 28.3 Å². The molecule has 4 rings (SSSR count). The minimum atomic E-state index is -4.57. The van der Waals surface area contributed by atoms with Crippen LogP contribution in [0.4, 0.5) is 26.3 Å². The van der Waals surface area contributed by atoms with Crippen LogP contribution in [0.1, 0.15) is 36.9 Å². The third-order valence-electron chi connectivity index (χ3n) is 3.95. The molecule has 0 fully saturated rings. The zero-order chi connectivity index (χ0) is 23.0. The lowest BCUT2D eigenvalue weighted by atomic mass is 10.3. The normalized spacial score (nSPS) is 11.3. The molecule has 0 unspecified atom stereocenters. The van der Waals surface area contributed by atoms with Gasteiger partial charge in [-0.1, -0.05) is 14.9 Å². The number of aromatic nitrogens is 4.